The number of hydrogen-bond acceptors (Lipinski definition) is 0. The second-order valence-electron chi connectivity index (χ2n) is 4.83. The van der Waals surface area contributed by atoms with E-state index in [2.05, 4.69) is 78.5 Å². The highest BCUT2D eigenvalue weighted by atomic mass is 31.0. The zero-order valence-electron chi connectivity index (χ0n) is 10.7. The molecule has 0 N–H and O–H groups in total. The number of aryl methyl sites for hydroxylation is 2. The molecule has 0 saturated heterocycles. The van der Waals surface area contributed by atoms with E-state index in [0.717, 1.165) is 0 Å². The van der Waals surface area contributed by atoms with E-state index in [1.807, 2.05) is 0 Å². The number of benzene rings is 2. The van der Waals surface area contributed by atoms with Crippen LogP contribution in [0.25, 0.3) is 0 Å². The van der Waals surface area contributed by atoms with Gasteiger partial charge in [-0.3, -0.25) is 0 Å². The van der Waals surface area contributed by atoms with E-state index in [1.165, 1.54) is 22.3 Å². The Balaban J connectivity index is 2.58. The van der Waals surface area contributed by atoms with E-state index in [0.29, 0.717) is 0 Å². The van der Waals surface area contributed by atoms with Gasteiger partial charge in [0.05, 0.1) is 0 Å². The standard InChI is InChI=1S/C16H19P/c1-12-8-4-6-10-14(12)16(3,17)15-11-7-5-9-13(15)2/h4-11H,17H2,1-3H3. The molecule has 2 aromatic carbocycles. The van der Waals surface area contributed by atoms with E-state index < -0.39 is 0 Å². The molecule has 0 spiro atoms. The monoisotopic (exact) mass is 242 g/mol. The van der Waals surface area contributed by atoms with Crippen molar-refractivity contribution in [2.75, 3.05) is 0 Å². The van der Waals surface area contributed by atoms with Crippen LogP contribution in [0.1, 0.15) is 29.2 Å². The van der Waals surface area contributed by atoms with Crippen LogP contribution in [0.5, 0.6) is 0 Å². The average Bonchev–Trinajstić information content (AvgIpc) is 2.29. The largest absolute Gasteiger partial charge is 0.122 e. The highest BCUT2D eigenvalue weighted by Gasteiger charge is 2.25. The molecule has 0 saturated carbocycles. The fraction of sp³-hybridized carbons (Fsp3) is 0.250. The van der Waals surface area contributed by atoms with Crippen LogP contribution in [0.2, 0.25) is 0 Å². The first-order valence-corrected chi connectivity index (χ1v) is 6.52. The van der Waals surface area contributed by atoms with Gasteiger partial charge in [0.15, 0.2) is 0 Å². The van der Waals surface area contributed by atoms with Crippen molar-refractivity contribution in [1.82, 2.24) is 0 Å². The molecule has 2 aromatic rings. The molecular weight excluding hydrogens is 223 g/mol. The molecule has 0 fully saturated rings. The van der Waals surface area contributed by atoms with Gasteiger partial charge in [-0.15, -0.1) is 9.24 Å². The van der Waals surface area contributed by atoms with E-state index in [-0.39, 0.29) is 5.16 Å². The van der Waals surface area contributed by atoms with Crippen molar-refractivity contribution in [1.29, 1.82) is 0 Å². The summed E-state index contributed by atoms with van der Waals surface area (Å²) in [6, 6.07) is 17.2. The Labute approximate surface area is 106 Å². The first-order chi connectivity index (χ1) is 8.03. The van der Waals surface area contributed by atoms with Gasteiger partial charge in [0.25, 0.3) is 0 Å². The van der Waals surface area contributed by atoms with Gasteiger partial charge in [-0.25, -0.2) is 0 Å². The second kappa shape index (κ2) is 4.63. The number of hydrogen-bond donors (Lipinski definition) is 0. The molecule has 0 aliphatic heterocycles. The van der Waals surface area contributed by atoms with Crippen LogP contribution in [-0.4, -0.2) is 0 Å². The van der Waals surface area contributed by atoms with Crippen molar-refractivity contribution in [2.45, 2.75) is 25.9 Å². The van der Waals surface area contributed by atoms with E-state index in [1.54, 1.807) is 0 Å². The maximum Gasteiger partial charge on any atom is 0.0321 e. The molecule has 2 rings (SSSR count). The van der Waals surface area contributed by atoms with Gasteiger partial charge >= 0.3 is 0 Å². The molecule has 0 aliphatic carbocycles. The number of rotatable bonds is 2. The van der Waals surface area contributed by atoms with E-state index in [9.17, 15) is 0 Å². The molecule has 1 unspecified atom stereocenters. The van der Waals surface area contributed by atoms with Crippen LogP contribution in [0.4, 0.5) is 0 Å². The molecule has 17 heavy (non-hydrogen) atoms. The van der Waals surface area contributed by atoms with Crippen LogP contribution in [0, 0.1) is 13.8 Å². The molecule has 0 amide bonds. The van der Waals surface area contributed by atoms with Gasteiger partial charge in [0.2, 0.25) is 0 Å². The zero-order valence-corrected chi connectivity index (χ0v) is 11.9. The quantitative estimate of drug-likeness (QED) is 0.683. The third kappa shape index (κ3) is 2.28. The molecular formula is C16H19P. The summed E-state index contributed by atoms with van der Waals surface area (Å²) in [5.41, 5.74) is 5.43. The van der Waals surface area contributed by atoms with Crippen molar-refractivity contribution in [3.8, 4) is 0 Å². The van der Waals surface area contributed by atoms with Crippen molar-refractivity contribution < 1.29 is 0 Å². The van der Waals surface area contributed by atoms with Crippen molar-refractivity contribution in [3.05, 3.63) is 70.8 Å². The summed E-state index contributed by atoms with van der Waals surface area (Å²) >= 11 is 0. The lowest BCUT2D eigenvalue weighted by Gasteiger charge is -2.29. The molecule has 0 heterocycles. The van der Waals surface area contributed by atoms with E-state index in [4.69, 9.17) is 0 Å². The third-order valence-electron chi connectivity index (χ3n) is 3.41. The maximum absolute atomic E-state index is 3.01. The third-order valence-corrected chi connectivity index (χ3v) is 4.03. The highest BCUT2D eigenvalue weighted by molar-refractivity contribution is 7.18. The molecule has 1 atom stereocenters. The molecule has 0 aliphatic rings. The minimum atomic E-state index is -0.0172. The molecule has 0 nitrogen and oxygen atoms in total. The van der Waals surface area contributed by atoms with Gasteiger partial charge in [-0.2, -0.15) is 0 Å². The van der Waals surface area contributed by atoms with Crippen molar-refractivity contribution in [2.24, 2.45) is 0 Å². The van der Waals surface area contributed by atoms with Crippen LogP contribution in [0.15, 0.2) is 48.5 Å². The van der Waals surface area contributed by atoms with Crippen LogP contribution < -0.4 is 0 Å². The summed E-state index contributed by atoms with van der Waals surface area (Å²) in [6.07, 6.45) is 0. The molecule has 0 aromatic heterocycles. The lowest BCUT2D eigenvalue weighted by molar-refractivity contribution is 0.821. The second-order valence-corrected chi connectivity index (χ2v) is 5.99. The van der Waals surface area contributed by atoms with Gasteiger partial charge in [-0.05, 0) is 43.0 Å². The highest BCUT2D eigenvalue weighted by Crippen LogP contribution is 2.41. The van der Waals surface area contributed by atoms with Gasteiger partial charge in [0.1, 0.15) is 0 Å². The molecule has 88 valence electrons. The average molecular weight is 242 g/mol. The summed E-state index contributed by atoms with van der Waals surface area (Å²) in [7, 11) is 3.01. The fourth-order valence-corrected chi connectivity index (χ4v) is 3.10. The maximum atomic E-state index is 3.01. The van der Waals surface area contributed by atoms with Gasteiger partial charge in [-0.1, -0.05) is 48.5 Å². The predicted molar refractivity (Wildman–Crippen MR) is 78.5 cm³/mol. The van der Waals surface area contributed by atoms with Gasteiger partial charge in [0, 0.05) is 5.16 Å². The molecule has 0 radical (unpaired) electrons. The summed E-state index contributed by atoms with van der Waals surface area (Å²) in [5, 5.41) is -0.0172. The normalized spacial score (nSPS) is 11.5. The summed E-state index contributed by atoms with van der Waals surface area (Å²) in [6.45, 7) is 6.62. The summed E-state index contributed by atoms with van der Waals surface area (Å²) in [4.78, 5) is 0. The Hall–Kier alpha value is -1.13. The minimum Gasteiger partial charge on any atom is -0.122 e. The first-order valence-electron chi connectivity index (χ1n) is 5.94. The van der Waals surface area contributed by atoms with Crippen molar-refractivity contribution in [3.63, 3.8) is 0 Å². The summed E-state index contributed by atoms with van der Waals surface area (Å²) in [5.74, 6) is 0. The lowest BCUT2D eigenvalue weighted by atomic mass is 9.87. The Morgan fingerprint density at radius 2 is 1.12 bits per heavy atom. The topological polar surface area (TPSA) is 0 Å². The molecule has 1 heteroatoms. The summed E-state index contributed by atoms with van der Waals surface area (Å²) < 4.78 is 0. The zero-order chi connectivity index (χ0) is 12.5. The Bertz CT molecular complexity index is 479. The van der Waals surface area contributed by atoms with Crippen LogP contribution in [0.3, 0.4) is 0 Å². The Morgan fingerprint density at radius 3 is 1.47 bits per heavy atom. The minimum absolute atomic E-state index is 0.0172. The first kappa shape index (κ1) is 12.3. The van der Waals surface area contributed by atoms with Crippen molar-refractivity contribution >= 4 is 9.24 Å². The van der Waals surface area contributed by atoms with Crippen LogP contribution in [-0.2, 0) is 5.16 Å². The lowest BCUT2D eigenvalue weighted by Crippen LogP contribution is -2.17. The Morgan fingerprint density at radius 1 is 0.765 bits per heavy atom. The predicted octanol–water partition coefficient (Wildman–Crippen LogP) is 4.44. The fourth-order valence-electron chi connectivity index (χ4n) is 2.46. The Kier molecular flexibility index (Phi) is 3.35. The smallest absolute Gasteiger partial charge is 0.0321 e. The van der Waals surface area contributed by atoms with Gasteiger partial charge < -0.3 is 0 Å². The molecule has 0 bridgehead atoms. The SMILES string of the molecule is Cc1ccccc1C(C)(P)c1ccccc1C. The van der Waals surface area contributed by atoms with E-state index >= 15 is 0 Å². The van der Waals surface area contributed by atoms with Crippen LogP contribution >= 0.6 is 9.24 Å².